The van der Waals surface area contributed by atoms with Crippen molar-refractivity contribution in [1.82, 2.24) is 4.98 Å². The van der Waals surface area contributed by atoms with Crippen LogP contribution in [0.2, 0.25) is 0 Å². The molecular formula is C19H20N2O3. The molecule has 0 saturated carbocycles. The molecule has 5 heteroatoms. The summed E-state index contributed by atoms with van der Waals surface area (Å²) in [6.45, 7) is 4.69. The maximum Gasteiger partial charge on any atom is 0.338 e. The number of pyridine rings is 1. The van der Waals surface area contributed by atoms with Gasteiger partial charge < -0.3 is 9.64 Å². The molecule has 1 aromatic heterocycles. The Balaban J connectivity index is 1.90. The molecule has 0 atom stereocenters. The molecule has 2 heterocycles. The summed E-state index contributed by atoms with van der Waals surface area (Å²) in [5.74, 6) is -0.390. The van der Waals surface area contributed by atoms with E-state index in [1.807, 2.05) is 25.1 Å². The smallest absolute Gasteiger partial charge is 0.338 e. The quantitative estimate of drug-likeness (QED) is 0.814. The van der Waals surface area contributed by atoms with Crippen LogP contribution in [0.15, 0.2) is 36.5 Å². The van der Waals surface area contributed by atoms with Crippen LogP contribution in [-0.4, -0.2) is 30.0 Å². The summed E-state index contributed by atoms with van der Waals surface area (Å²) in [7, 11) is 0. The Hall–Kier alpha value is -2.69. The molecule has 2 aromatic rings. The molecule has 0 unspecified atom stereocenters. The highest BCUT2D eigenvalue weighted by Crippen LogP contribution is 2.29. The summed E-state index contributed by atoms with van der Waals surface area (Å²) in [5, 5.41) is 0. The number of carbonyl (C=O) groups is 2. The molecule has 3 rings (SSSR count). The Morgan fingerprint density at radius 3 is 2.71 bits per heavy atom. The van der Waals surface area contributed by atoms with Crippen LogP contribution in [0.3, 0.4) is 0 Å². The van der Waals surface area contributed by atoms with Gasteiger partial charge in [-0.3, -0.25) is 9.78 Å². The number of esters is 1. The second-order valence-electron chi connectivity index (χ2n) is 5.81. The van der Waals surface area contributed by atoms with Gasteiger partial charge in [-0.15, -0.1) is 0 Å². The van der Waals surface area contributed by atoms with Gasteiger partial charge in [0.05, 0.1) is 17.7 Å². The molecule has 0 aliphatic carbocycles. The number of aromatic nitrogens is 1. The van der Waals surface area contributed by atoms with Gasteiger partial charge in [0.1, 0.15) is 0 Å². The van der Waals surface area contributed by atoms with Gasteiger partial charge in [0.15, 0.2) is 0 Å². The molecule has 124 valence electrons. The van der Waals surface area contributed by atoms with Crippen molar-refractivity contribution in [1.29, 1.82) is 0 Å². The lowest BCUT2D eigenvalue weighted by atomic mass is 9.98. The Labute approximate surface area is 141 Å². The monoisotopic (exact) mass is 324 g/mol. The maximum atomic E-state index is 12.8. The van der Waals surface area contributed by atoms with E-state index in [-0.39, 0.29) is 11.9 Å². The zero-order chi connectivity index (χ0) is 17.1. The Bertz CT molecular complexity index is 769. The third-order valence-corrected chi connectivity index (χ3v) is 4.11. The van der Waals surface area contributed by atoms with E-state index < -0.39 is 0 Å². The summed E-state index contributed by atoms with van der Waals surface area (Å²) in [6, 6.07) is 9.02. The van der Waals surface area contributed by atoms with Crippen molar-refractivity contribution in [2.45, 2.75) is 26.7 Å². The predicted octanol–water partition coefficient (Wildman–Crippen LogP) is 3.16. The van der Waals surface area contributed by atoms with E-state index >= 15 is 0 Å². The lowest BCUT2D eigenvalue weighted by Gasteiger charge is -2.29. The predicted molar refractivity (Wildman–Crippen MR) is 91.4 cm³/mol. The minimum absolute atomic E-state index is 0.0627. The number of aryl methyl sites for hydroxylation is 2. The highest BCUT2D eigenvalue weighted by molar-refractivity contribution is 6.06. The van der Waals surface area contributed by atoms with E-state index in [1.54, 1.807) is 30.2 Å². The molecule has 0 bridgehead atoms. The zero-order valence-corrected chi connectivity index (χ0v) is 13.9. The van der Waals surface area contributed by atoms with Gasteiger partial charge in [0, 0.05) is 24.1 Å². The average molecular weight is 324 g/mol. The number of ether oxygens (including phenoxy) is 1. The molecule has 5 nitrogen and oxygen atoms in total. The highest BCUT2D eigenvalue weighted by atomic mass is 16.5. The first-order chi connectivity index (χ1) is 11.6. The topological polar surface area (TPSA) is 59.5 Å². The second kappa shape index (κ2) is 6.83. The number of amides is 1. The number of carbonyl (C=O) groups excluding carboxylic acids is 2. The van der Waals surface area contributed by atoms with Crippen LogP contribution >= 0.6 is 0 Å². The Kier molecular flexibility index (Phi) is 4.60. The Morgan fingerprint density at radius 2 is 2.00 bits per heavy atom. The van der Waals surface area contributed by atoms with Crippen LogP contribution < -0.4 is 4.90 Å². The lowest BCUT2D eigenvalue weighted by molar-refractivity contribution is 0.0526. The van der Waals surface area contributed by atoms with Crippen molar-refractivity contribution in [3.8, 4) is 0 Å². The lowest BCUT2D eigenvalue weighted by Crippen LogP contribution is -2.35. The maximum absolute atomic E-state index is 12.8. The van der Waals surface area contributed by atoms with E-state index in [4.69, 9.17) is 4.74 Å². The minimum atomic E-state index is -0.327. The zero-order valence-electron chi connectivity index (χ0n) is 13.9. The molecule has 0 radical (unpaired) electrons. The van der Waals surface area contributed by atoms with E-state index in [1.165, 1.54) is 0 Å². The summed E-state index contributed by atoms with van der Waals surface area (Å²) in [5.41, 5.74) is 3.84. The SMILES string of the molecule is CCOC(=O)c1ccc2c(c1)CCCN2C(=O)c1ccc(C)nc1. The van der Waals surface area contributed by atoms with Crippen molar-refractivity contribution < 1.29 is 14.3 Å². The fraction of sp³-hybridized carbons (Fsp3) is 0.316. The van der Waals surface area contributed by atoms with Crippen molar-refractivity contribution in [2.75, 3.05) is 18.1 Å². The fourth-order valence-electron chi connectivity index (χ4n) is 2.90. The van der Waals surface area contributed by atoms with E-state index in [0.717, 1.165) is 29.8 Å². The number of anilines is 1. The van der Waals surface area contributed by atoms with Gasteiger partial charge in [-0.25, -0.2) is 4.79 Å². The van der Waals surface area contributed by atoms with Crippen molar-refractivity contribution >= 4 is 17.6 Å². The number of hydrogen-bond acceptors (Lipinski definition) is 4. The first-order valence-corrected chi connectivity index (χ1v) is 8.14. The number of nitrogens with zero attached hydrogens (tertiary/aromatic N) is 2. The first kappa shape index (κ1) is 16.2. The molecule has 0 N–H and O–H groups in total. The molecule has 1 aromatic carbocycles. The molecule has 0 spiro atoms. The first-order valence-electron chi connectivity index (χ1n) is 8.14. The summed E-state index contributed by atoms with van der Waals surface area (Å²) < 4.78 is 5.05. The molecule has 1 amide bonds. The van der Waals surface area contributed by atoms with E-state index in [9.17, 15) is 9.59 Å². The third-order valence-electron chi connectivity index (χ3n) is 4.11. The van der Waals surface area contributed by atoms with Gasteiger partial charge in [-0.05, 0) is 62.6 Å². The van der Waals surface area contributed by atoms with Gasteiger partial charge in [-0.2, -0.15) is 0 Å². The molecule has 0 fully saturated rings. The second-order valence-corrected chi connectivity index (χ2v) is 5.81. The number of rotatable bonds is 3. The molecule has 0 saturated heterocycles. The summed E-state index contributed by atoms with van der Waals surface area (Å²) in [6.07, 6.45) is 3.32. The minimum Gasteiger partial charge on any atom is -0.462 e. The Morgan fingerprint density at radius 1 is 1.21 bits per heavy atom. The normalized spacial score (nSPS) is 13.3. The third kappa shape index (κ3) is 3.15. The van der Waals surface area contributed by atoms with Crippen molar-refractivity contribution in [3.63, 3.8) is 0 Å². The molecular weight excluding hydrogens is 304 g/mol. The van der Waals surface area contributed by atoms with E-state index in [0.29, 0.717) is 24.3 Å². The molecule has 1 aliphatic heterocycles. The fourth-order valence-corrected chi connectivity index (χ4v) is 2.90. The van der Waals surface area contributed by atoms with Crippen LogP contribution in [0.1, 0.15) is 45.3 Å². The van der Waals surface area contributed by atoms with Crippen molar-refractivity contribution in [3.05, 3.63) is 58.9 Å². The van der Waals surface area contributed by atoms with Gasteiger partial charge in [0.25, 0.3) is 5.91 Å². The van der Waals surface area contributed by atoms with Gasteiger partial charge >= 0.3 is 5.97 Å². The van der Waals surface area contributed by atoms with Crippen LogP contribution in [0, 0.1) is 6.92 Å². The van der Waals surface area contributed by atoms with Crippen LogP contribution in [0.25, 0.3) is 0 Å². The van der Waals surface area contributed by atoms with Crippen LogP contribution in [-0.2, 0) is 11.2 Å². The van der Waals surface area contributed by atoms with Crippen LogP contribution in [0.5, 0.6) is 0 Å². The average Bonchev–Trinajstić information content (AvgIpc) is 2.61. The van der Waals surface area contributed by atoms with Crippen LogP contribution in [0.4, 0.5) is 5.69 Å². The van der Waals surface area contributed by atoms with Crippen molar-refractivity contribution in [2.24, 2.45) is 0 Å². The summed E-state index contributed by atoms with van der Waals surface area (Å²) in [4.78, 5) is 30.6. The van der Waals surface area contributed by atoms with Gasteiger partial charge in [0.2, 0.25) is 0 Å². The number of benzene rings is 1. The van der Waals surface area contributed by atoms with Gasteiger partial charge in [-0.1, -0.05) is 0 Å². The number of hydrogen-bond donors (Lipinski definition) is 0. The molecule has 1 aliphatic rings. The number of fused-ring (bicyclic) bond motifs is 1. The largest absolute Gasteiger partial charge is 0.462 e. The molecule has 24 heavy (non-hydrogen) atoms. The highest BCUT2D eigenvalue weighted by Gasteiger charge is 2.24. The standard InChI is InChI=1S/C19H20N2O3/c1-3-24-19(23)15-8-9-17-14(11-15)5-4-10-21(17)18(22)16-7-6-13(2)20-12-16/h6-9,11-12H,3-5,10H2,1-2H3. The van der Waals surface area contributed by atoms with E-state index in [2.05, 4.69) is 4.98 Å². The summed E-state index contributed by atoms with van der Waals surface area (Å²) >= 11 is 0.